The van der Waals surface area contributed by atoms with Gasteiger partial charge in [0.2, 0.25) is 0 Å². The third-order valence-electron chi connectivity index (χ3n) is 3.76. The highest BCUT2D eigenvalue weighted by Crippen LogP contribution is 2.20. The van der Waals surface area contributed by atoms with Gasteiger partial charge < -0.3 is 4.90 Å². The zero-order valence-corrected chi connectivity index (χ0v) is 9.49. The monoisotopic (exact) mass is 207 g/mol. The van der Waals surface area contributed by atoms with Crippen LogP contribution in [0.2, 0.25) is 0 Å². The lowest BCUT2D eigenvalue weighted by Crippen LogP contribution is -2.46. The van der Waals surface area contributed by atoms with E-state index in [0.29, 0.717) is 6.54 Å². The van der Waals surface area contributed by atoms with Gasteiger partial charge in [-0.25, -0.2) is 0 Å². The second-order valence-electron chi connectivity index (χ2n) is 4.76. The lowest BCUT2D eigenvalue weighted by molar-refractivity contribution is 0.0980. The molecule has 2 aliphatic rings. The summed E-state index contributed by atoms with van der Waals surface area (Å²) in [6.45, 7) is 5.47. The molecule has 2 heterocycles. The molecule has 3 nitrogen and oxygen atoms in total. The van der Waals surface area contributed by atoms with Gasteiger partial charge in [-0.2, -0.15) is 5.26 Å². The molecule has 0 aromatic rings. The lowest BCUT2D eigenvalue weighted by atomic mass is 10.00. The van der Waals surface area contributed by atoms with Crippen molar-refractivity contribution in [2.75, 3.05) is 32.7 Å². The van der Waals surface area contributed by atoms with Crippen molar-refractivity contribution in [2.45, 2.75) is 38.1 Å². The van der Waals surface area contributed by atoms with Crippen LogP contribution in [0.5, 0.6) is 0 Å². The average molecular weight is 207 g/mol. The Kier molecular flexibility index (Phi) is 3.99. The number of nitrogens with zero attached hydrogens (tertiary/aromatic N) is 3. The Labute approximate surface area is 92.7 Å². The Morgan fingerprint density at radius 1 is 1.00 bits per heavy atom. The number of hydrogen-bond acceptors (Lipinski definition) is 3. The lowest BCUT2D eigenvalue weighted by Gasteiger charge is -2.39. The van der Waals surface area contributed by atoms with Crippen molar-refractivity contribution < 1.29 is 0 Å². The highest BCUT2D eigenvalue weighted by molar-refractivity contribution is 4.85. The maximum absolute atomic E-state index is 8.63. The van der Waals surface area contributed by atoms with Crippen molar-refractivity contribution in [3.63, 3.8) is 0 Å². The summed E-state index contributed by atoms with van der Waals surface area (Å²) in [5.74, 6) is 0. The van der Waals surface area contributed by atoms with Gasteiger partial charge in [-0.15, -0.1) is 0 Å². The van der Waals surface area contributed by atoms with Crippen LogP contribution in [0.15, 0.2) is 0 Å². The predicted molar refractivity (Wildman–Crippen MR) is 60.5 cm³/mol. The van der Waals surface area contributed by atoms with Crippen LogP contribution in [-0.4, -0.2) is 48.6 Å². The van der Waals surface area contributed by atoms with Crippen LogP contribution < -0.4 is 0 Å². The minimum absolute atomic E-state index is 0.618. The summed E-state index contributed by atoms with van der Waals surface area (Å²) < 4.78 is 0. The quantitative estimate of drug-likeness (QED) is 0.642. The van der Waals surface area contributed by atoms with Gasteiger partial charge in [-0.3, -0.25) is 4.90 Å². The first-order chi connectivity index (χ1) is 7.40. The molecule has 2 rings (SSSR count). The maximum Gasteiger partial charge on any atom is 0.0866 e. The van der Waals surface area contributed by atoms with Crippen LogP contribution >= 0.6 is 0 Å². The van der Waals surface area contributed by atoms with Crippen LogP contribution in [0.3, 0.4) is 0 Å². The molecule has 84 valence electrons. The third-order valence-corrected chi connectivity index (χ3v) is 3.76. The molecular formula is C12H21N3. The molecule has 2 aliphatic heterocycles. The van der Waals surface area contributed by atoms with Gasteiger partial charge >= 0.3 is 0 Å². The van der Waals surface area contributed by atoms with E-state index in [0.717, 1.165) is 19.1 Å². The zero-order valence-electron chi connectivity index (χ0n) is 9.49. The number of hydrogen-bond donors (Lipinski definition) is 0. The Hall–Kier alpha value is -0.590. The highest BCUT2D eigenvalue weighted by Gasteiger charge is 2.24. The van der Waals surface area contributed by atoms with E-state index >= 15 is 0 Å². The van der Waals surface area contributed by atoms with Gasteiger partial charge in [0.25, 0.3) is 0 Å². The molecule has 2 saturated heterocycles. The van der Waals surface area contributed by atoms with Gasteiger partial charge in [0.05, 0.1) is 12.6 Å². The summed E-state index contributed by atoms with van der Waals surface area (Å²) in [4.78, 5) is 4.95. The molecule has 0 unspecified atom stereocenters. The molecule has 0 aliphatic carbocycles. The Bertz CT molecular complexity index is 220. The largest absolute Gasteiger partial charge is 0.300 e. The van der Waals surface area contributed by atoms with Crippen LogP contribution in [0, 0.1) is 11.3 Å². The number of nitriles is 1. The molecular weight excluding hydrogens is 186 g/mol. The van der Waals surface area contributed by atoms with Crippen LogP contribution in [0.25, 0.3) is 0 Å². The van der Waals surface area contributed by atoms with E-state index in [1.165, 1.54) is 45.2 Å². The molecule has 15 heavy (non-hydrogen) atoms. The zero-order chi connectivity index (χ0) is 10.5. The number of likely N-dealkylation sites (tertiary alicyclic amines) is 2. The second kappa shape index (κ2) is 5.48. The van der Waals surface area contributed by atoms with Gasteiger partial charge in [0, 0.05) is 19.1 Å². The van der Waals surface area contributed by atoms with E-state index < -0.39 is 0 Å². The molecule has 0 saturated carbocycles. The summed E-state index contributed by atoms with van der Waals surface area (Å²) in [6.07, 6.45) is 6.73. The van der Waals surface area contributed by atoms with Crippen molar-refractivity contribution in [1.82, 2.24) is 9.80 Å². The summed E-state index contributed by atoms with van der Waals surface area (Å²) in [5.41, 5.74) is 0. The third kappa shape index (κ3) is 2.93. The summed E-state index contributed by atoms with van der Waals surface area (Å²) in [6, 6.07) is 3.05. The predicted octanol–water partition coefficient (Wildman–Crippen LogP) is 1.46. The van der Waals surface area contributed by atoms with Crippen molar-refractivity contribution in [1.29, 1.82) is 5.26 Å². The molecule has 0 bridgehead atoms. The molecule has 0 radical (unpaired) electrons. The standard InChI is InChI=1S/C12H21N3/c13-6-11-14-9-4-12(5-10-14)15-7-2-1-3-8-15/h12H,1-5,7-11H2. The molecule has 0 spiro atoms. The van der Waals surface area contributed by atoms with E-state index in [1.807, 2.05) is 0 Å². The van der Waals surface area contributed by atoms with E-state index in [9.17, 15) is 0 Å². The van der Waals surface area contributed by atoms with E-state index in [4.69, 9.17) is 5.26 Å². The Morgan fingerprint density at radius 3 is 2.27 bits per heavy atom. The smallest absolute Gasteiger partial charge is 0.0866 e. The van der Waals surface area contributed by atoms with Gasteiger partial charge in [0.15, 0.2) is 0 Å². The van der Waals surface area contributed by atoms with Crippen LogP contribution in [0.4, 0.5) is 0 Å². The first-order valence-corrected chi connectivity index (χ1v) is 6.23. The number of piperidine rings is 2. The minimum Gasteiger partial charge on any atom is -0.300 e. The first-order valence-electron chi connectivity index (χ1n) is 6.23. The number of rotatable bonds is 2. The van der Waals surface area contributed by atoms with Crippen molar-refractivity contribution in [2.24, 2.45) is 0 Å². The summed E-state index contributed by atoms with van der Waals surface area (Å²) >= 11 is 0. The van der Waals surface area contributed by atoms with Crippen molar-refractivity contribution in [3.8, 4) is 6.07 Å². The minimum atomic E-state index is 0.618. The summed E-state index contributed by atoms with van der Waals surface area (Å²) in [5, 5.41) is 8.63. The SMILES string of the molecule is N#CCN1CCC(N2CCCCC2)CC1. The second-order valence-corrected chi connectivity index (χ2v) is 4.76. The van der Waals surface area contributed by atoms with Crippen molar-refractivity contribution in [3.05, 3.63) is 0 Å². The van der Waals surface area contributed by atoms with E-state index in [-0.39, 0.29) is 0 Å². The Balaban J connectivity index is 1.75. The highest BCUT2D eigenvalue weighted by atomic mass is 15.2. The molecule has 0 amide bonds. The molecule has 0 aromatic heterocycles. The van der Waals surface area contributed by atoms with Gasteiger partial charge in [0.1, 0.15) is 0 Å². The normalized spacial score (nSPS) is 26.3. The van der Waals surface area contributed by atoms with E-state index in [2.05, 4.69) is 15.9 Å². The average Bonchev–Trinajstić information content (AvgIpc) is 2.32. The maximum atomic E-state index is 8.63. The van der Waals surface area contributed by atoms with Gasteiger partial charge in [-0.05, 0) is 38.8 Å². The molecule has 0 N–H and O–H groups in total. The summed E-state index contributed by atoms with van der Waals surface area (Å²) in [7, 11) is 0. The van der Waals surface area contributed by atoms with Crippen LogP contribution in [-0.2, 0) is 0 Å². The Morgan fingerprint density at radius 2 is 1.67 bits per heavy atom. The van der Waals surface area contributed by atoms with E-state index in [1.54, 1.807) is 0 Å². The molecule has 3 heteroatoms. The topological polar surface area (TPSA) is 30.3 Å². The fourth-order valence-electron chi connectivity index (χ4n) is 2.83. The van der Waals surface area contributed by atoms with Crippen molar-refractivity contribution >= 4 is 0 Å². The fourth-order valence-corrected chi connectivity index (χ4v) is 2.83. The molecule has 0 aromatic carbocycles. The molecule has 2 fully saturated rings. The first kappa shape index (κ1) is 10.9. The fraction of sp³-hybridized carbons (Fsp3) is 0.917. The molecule has 0 atom stereocenters. The van der Waals surface area contributed by atoms with Crippen LogP contribution in [0.1, 0.15) is 32.1 Å². The van der Waals surface area contributed by atoms with Gasteiger partial charge in [-0.1, -0.05) is 6.42 Å².